The van der Waals surface area contributed by atoms with Gasteiger partial charge in [0.2, 0.25) is 5.91 Å². The second kappa shape index (κ2) is 10.3. The Kier molecular flexibility index (Phi) is 7.33. The summed E-state index contributed by atoms with van der Waals surface area (Å²) in [5, 5.41) is 13.2. The fraction of sp³-hybridized carbons (Fsp3) is 0.250. The van der Waals surface area contributed by atoms with Gasteiger partial charge in [-0.3, -0.25) is 9.36 Å². The maximum Gasteiger partial charge on any atom is 0.234 e. The van der Waals surface area contributed by atoms with Gasteiger partial charge in [-0.1, -0.05) is 92.7 Å². The van der Waals surface area contributed by atoms with E-state index in [4.69, 9.17) is 11.6 Å². The van der Waals surface area contributed by atoms with E-state index >= 15 is 0 Å². The molecule has 5 nitrogen and oxygen atoms in total. The van der Waals surface area contributed by atoms with E-state index in [1.807, 2.05) is 41.8 Å². The van der Waals surface area contributed by atoms with Crippen LogP contribution in [0.25, 0.3) is 17.1 Å². The summed E-state index contributed by atoms with van der Waals surface area (Å²) in [6.07, 6.45) is 0. The zero-order chi connectivity index (χ0) is 25.2. The fourth-order valence-electron chi connectivity index (χ4n) is 3.75. The maximum atomic E-state index is 12.7. The van der Waals surface area contributed by atoms with Crippen molar-refractivity contribution in [3.8, 4) is 17.1 Å². The molecule has 0 aliphatic heterocycles. The number of benzene rings is 3. The van der Waals surface area contributed by atoms with Gasteiger partial charge >= 0.3 is 0 Å². The van der Waals surface area contributed by atoms with E-state index in [0.717, 1.165) is 28.2 Å². The van der Waals surface area contributed by atoms with Gasteiger partial charge in [-0.25, -0.2) is 0 Å². The Labute approximate surface area is 215 Å². The van der Waals surface area contributed by atoms with Gasteiger partial charge in [-0.05, 0) is 54.2 Å². The lowest BCUT2D eigenvalue weighted by Crippen LogP contribution is -2.15. The highest BCUT2D eigenvalue weighted by Gasteiger charge is 2.20. The minimum absolute atomic E-state index is 0.0674. The van der Waals surface area contributed by atoms with Crippen molar-refractivity contribution in [2.45, 2.75) is 45.2 Å². The second-order valence-corrected chi connectivity index (χ2v) is 10.9. The average Bonchev–Trinajstić information content (AvgIpc) is 3.23. The van der Waals surface area contributed by atoms with E-state index in [2.05, 4.69) is 73.5 Å². The SMILES string of the molecule is Cc1ccc(Cl)cc1NC(=O)CSc1nnc(-c2ccc(C(C)(C)C)cc2)n1-c1ccccc1C. The third-order valence-corrected chi connectivity index (χ3v) is 6.97. The number of thioether (sulfide) groups is 1. The average molecular weight is 505 g/mol. The number of amides is 1. The number of halogens is 1. The number of carbonyl (C=O) groups is 1. The quantitative estimate of drug-likeness (QED) is 0.281. The molecule has 0 aliphatic rings. The minimum Gasteiger partial charge on any atom is -0.325 e. The van der Waals surface area contributed by atoms with Crippen LogP contribution in [-0.4, -0.2) is 26.4 Å². The number of nitrogens with one attached hydrogen (secondary N) is 1. The van der Waals surface area contributed by atoms with E-state index in [1.165, 1.54) is 17.3 Å². The molecule has 0 saturated heterocycles. The number of hydrogen-bond acceptors (Lipinski definition) is 4. The molecule has 35 heavy (non-hydrogen) atoms. The molecule has 0 bridgehead atoms. The molecule has 1 aromatic heterocycles. The van der Waals surface area contributed by atoms with E-state index in [9.17, 15) is 4.79 Å². The van der Waals surface area contributed by atoms with E-state index in [1.54, 1.807) is 6.07 Å². The molecule has 0 atom stereocenters. The van der Waals surface area contributed by atoms with Gasteiger partial charge in [0, 0.05) is 16.3 Å². The number of anilines is 1. The highest BCUT2D eigenvalue weighted by Crippen LogP contribution is 2.31. The molecule has 0 spiro atoms. The minimum atomic E-state index is -0.129. The van der Waals surface area contributed by atoms with Crippen molar-refractivity contribution in [1.29, 1.82) is 0 Å². The van der Waals surface area contributed by atoms with Crippen LogP contribution in [0.2, 0.25) is 5.02 Å². The lowest BCUT2D eigenvalue weighted by Gasteiger charge is -2.19. The first-order chi connectivity index (χ1) is 16.6. The molecule has 1 heterocycles. The first-order valence-electron chi connectivity index (χ1n) is 11.4. The number of hydrogen-bond donors (Lipinski definition) is 1. The zero-order valence-corrected chi connectivity index (χ0v) is 22.2. The van der Waals surface area contributed by atoms with Gasteiger partial charge in [0.1, 0.15) is 0 Å². The molecule has 180 valence electrons. The standard InChI is InChI=1S/C28H29ClN4OS/c1-18-10-15-22(29)16-23(18)30-25(34)17-35-27-32-31-26(33(27)24-9-7-6-8-19(24)2)20-11-13-21(14-12-20)28(3,4)5/h6-16H,17H2,1-5H3,(H,30,34). The van der Waals surface area contributed by atoms with Gasteiger partial charge in [-0.2, -0.15) is 0 Å². The number of rotatable bonds is 6. The lowest BCUT2D eigenvalue weighted by atomic mass is 9.87. The second-order valence-electron chi connectivity index (χ2n) is 9.55. The Hall–Kier alpha value is -3.09. The predicted molar refractivity (Wildman–Crippen MR) is 146 cm³/mol. The summed E-state index contributed by atoms with van der Waals surface area (Å²) in [4.78, 5) is 12.7. The highest BCUT2D eigenvalue weighted by atomic mass is 35.5. The van der Waals surface area contributed by atoms with Crippen LogP contribution in [0.4, 0.5) is 5.69 Å². The third kappa shape index (κ3) is 5.77. The third-order valence-electron chi connectivity index (χ3n) is 5.80. The Bertz CT molecular complexity index is 1360. The fourth-order valence-corrected chi connectivity index (χ4v) is 4.66. The molecule has 0 aliphatic carbocycles. The molecule has 4 rings (SSSR count). The van der Waals surface area contributed by atoms with Crippen LogP contribution in [0.3, 0.4) is 0 Å². The molecular weight excluding hydrogens is 476 g/mol. The summed E-state index contributed by atoms with van der Waals surface area (Å²) in [7, 11) is 0. The van der Waals surface area contributed by atoms with Crippen LogP contribution in [0, 0.1) is 13.8 Å². The van der Waals surface area contributed by atoms with Crippen molar-refractivity contribution in [1.82, 2.24) is 14.8 Å². The Morgan fingerprint density at radius 1 is 0.971 bits per heavy atom. The van der Waals surface area contributed by atoms with Crippen molar-refractivity contribution >= 4 is 35.0 Å². The Morgan fingerprint density at radius 3 is 2.37 bits per heavy atom. The number of aryl methyl sites for hydroxylation is 2. The molecule has 0 unspecified atom stereocenters. The zero-order valence-electron chi connectivity index (χ0n) is 20.6. The Balaban J connectivity index is 1.64. The molecular formula is C28H29ClN4OS. The molecule has 0 saturated carbocycles. The van der Waals surface area contributed by atoms with Crippen molar-refractivity contribution in [3.63, 3.8) is 0 Å². The summed E-state index contributed by atoms with van der Waals surface area (Å²) in [5.74, 6) is 0.808. The molecule has 1 N–H and O–H groups in total. The van der Waals surface area contributed by atoms with E-state index in [-0.39, 0.29) is 17.1 Å². The van der Waals surface area contributed by atoms with E-state index < -0.39 is 0 Å². The summed E-state index contributed by atoms with van der Waals surface area (Å²) < 4.78 is 2.03. The summed E-state index contributed by atoms with van der Waals surface area (Å²) in [6.45, 7) is 10.6. The molecule has 4 aromatic rings. The van der Waals surface area contributed by atoms with Gasteiger partial charge in [0.15, 0.2) is 11.0 Å². The predicted octanol–water partition coefficient (Wildman–Crippen LogP) is 7.23. The van der Waals surface area contributed by atoms with Crippen LogP contribution in [0.1, 0.15) is 37.5 Å². The highest BCUT2D eigenvalue weighted by molar-refractivity contribution is 7.99. The largest absolute Gasteiger partial charge is 0.325 e. The topological polar surface area (TPSA) is 59.8 Å². The summed E-state index contributed by atoms with van der Waals surface area (Å²) in [6, 6.07) is 22.0. The first-order valence-corrected chi connectivity index (χ1v) is 12.8. The van der Waals surface area contributed by atoms with Crippen molar-refractivity contribution in [3.05, 3.63) is 88.4 Å². The van der Waals surface area contributed by atoms with Crippen molar-refractivity contribution < 1.29 is 4.79 Å². The molecule has 3 aromatic carbocycles. The van der Waals surface area contributed by atoms with Crippen LogP contribution in [-0.2, 0) is 10.2 Å². The van der Waals surface area contributed by atoms with Gasteiger partial charge in [0.05, 0.1) is 11.4 Å². The van der Waals surface area contributed by atoms with Gasteiger partial charge < -0.3 is 5.32 Å². The summed E-state index contributed by atoms with van der Waals surface area (Å²) >= 11 is 7.45. The normalized spacial score (nSPS) is 11.5. The molecule has 0 fully saturated rings. The van der Waals surface area contributed by atoms with Crippen LogP contribution < -0.4 is 5.32 Å². The van der Waals surface area contributed by atoms with Crippen molar-refractivity contribution in [2.24, 2.45) is 0 Å². The number of nitrogens with zero attached hydrogens (tertiary/aromatic N) is 3. The van der Waals surface area contributed by atoms with Crippen molar-refractivity contribution in [2.75, 3.05) is 11.1 Å². The maximum absolute atomic E-state index is 12.7. The van der Waals surface area contributed by atoms with Crippen LogP contribution in [0.15, 0.2) is 71.9 Å². The smallest absolute Gasteiger partial charge is 0.234 e. The molecule has 7 heteroatoms. The van der Waals surface area contributed by atoms with E-state index in [0.29, 0.717) is 15.9 Å². The number of aromatic nitrogens is 3. The van der Waals surface area contributed by atoms with Gasteiger partial charge in [-0.15, -0.1) is 10.2 Å². The lowest BCUT2D eigenvalue weighted by molar-refractivity contribution is -0.113. The monoisotopic (exact) mass is 504 g/mol. The van der Waals surface area contributed by atoms with Gasteiger partial charge in [0.25, 0.3) is 0 Å². The Morgan fingerprint density at radius 2 is 1.69 bits per heavy atom. The first kappa shape index (κ1) is 25.0. The van der Waals surface area contributed by atoms with Crippen LogP contribution >= 0.6 is 23.4 Å². The molecule has 1 amide bonds. The number of carbonyl (C=O) groups excluding carboxylic acids is 1. The number of para-hydroxylation sites is 1. The van der Waals surface area contributed by atoms with Crippen LogP contribution in [0.5, 0.6) is 0 Å². The summed E-state index contributed by atoms with van der Waals surface area (Å²) in [5.41, 5.74) is 6.05. The molecule has 0 radical (unpaired) electrons.